The maximum absolute atomic E-state index is 9.90. The predicted octanol–water partition coefficient (Wildman–Crippen LogP) is -0.186. The van der Waals surface area contributed by atoms with Crippen molar-refractivity contribution in [1.29, 1.82) is 0 Å². The summed E-state index contributed by atoms with van der Waals surface area (Å²) < 4.78 is 10.3. The molecule has 0 amide bonds. The van der Waals surface area contributed by atoms with Crippen LogP contribution in [-0.2, 0) is 9.47 Å². The second-order valence-electron chi connectivity index (χ2n) is 6.06. The third-order valence-electron chi connectivity index (χ3n) is 3.64. The van der Waals surface area contributed by atoms with E-state index in [2.05, 4.69) is 6.08 Å². The summed E-state index contributed by atoms with van der Waals surface area (Å²) in [5, 5.41) is 48.1. The largest absolute Gasteiger partial charge is 0.394 e. The Bertz CT molecular complexity index is 415. The summed E-state index contributed by atoms with van der Waals surface area (Å²) in [5.74, 6) is 0. The molecule has 1 fully saturated rings. The van der Waals surface area contributed by atoms with Gasteiger partial charge in [-0.15, -0.1) is 0 Å². The summed E-state index contributed by atoms with van der Waals surface area (Å²) >= 11 is 0. The van der Waals surface area contributed by atoms with Gasteiger partial charge in [-0.3, -0.25) is 0 Å². The second kappa shape index (κ2) is 9.48. The Morgan fingerprint density at radius 3 is 2.35 bits per heavy atom. The molecule has 23 heavy (non-hydrogen) atoms. The molecule has 6 atom stereocenters. The van der Waals surface area contributed by atoms with Crippen LogP contribution in [0.25, 0.3) is 0 Å². The highest BCUT2D eigenvalue weighted by molar-refractivity contribution is 5.03. The molecule has 0 aliphatic carbocycles. The highest BCUT2D eigenvalue weighted by Gasteiger charge is 2.44. The lowest BCUT2D eigenvalue weighted by molar-refractivity contribution is -0.324. The van der Waals surface area contributed by atoms with Gasteiger partial charge in [-0.25, -0.2) is 0 Å². The quantitative estimate of drug-likeness (QED) is 0.324. The van der Waals surface area contributed by atoms with E-state index in [0.29, 0.717) is 0 Å². The first-order valence-corrected chi connectivity index (χ1v) is 7.71. The Balaban J connectivity index is 2.58. The van der Waals surface area contributed by atoms with E-state index in [1.165, 1.54) is 11.6 Å². The molecule has 1 unspecified atom stereocenters. The SMILES string of the molecule is CC(C)=CCC/C(C)=C\C(O)O[C@H]1O[C@H](CO)[C@H](O)[C@H](O)[C@H]1O. The van der Waals surface area contributed by atoms with Crippen molar-refractivity contribution < 1.29 is 35.0 Å². The molecule has 0 aromatic heterocycles. The van der Waals surface area contributed by atoms with Crippen molar-refractivity contribution in [3.05, 3.63) is 23.3 Å². The van der Waals surface area contributed by atoms with E-state index < -0.39 is 43.6 Å². The lowest BCUT2D eigenvalue weighted by atomic mass is 9.99. The summed E-state index contributed by atoms with van der Waals surface area (Å²) in [6.07, 6.45) is -3.07. The molecule has 1 heterocycles. The minimum atomic E-state index is -1.53. The molecule has 0 bridgehead atoms. The van der Waals surface area contributed by atoms with Crippen molar-refractivity contribution in [2.75, 3.05) is 6.61 Å². The van der Waals surface area contributed by atoms with Crippen molar-refractivity contribution >= 4 is 0 Å². The van der Waals surface area contributed by atoms with E-state index in [1.807, 2.05) is 20.8 Å². The molecule has 1 aliphatic heterocycles. The first-order valence-electron chi connectivity index (χ1n) is 7.71. The summed E-state index contributed by atoms with van der Waals surface area (Å²) in [4.78, 5) is 0. The highest BCUT2D eigenvalue weighted by atomic mass is 16.7. The summed E-state index contributed by atoms with van der Waals surface area (Å²) in [7, 11) is 0. The van der Waals surface area contributed by atoms with Crippen LogP contribution in [0.5, 0.6) is 0 Å². The summed E-state index contributed by atoms with van der Waals surface area (Å²) in [6, 6.07) is 0. The van der Waals surface area contributed by atoms with E-state index in [0.717, 1.165) is 18.4 Å². The van der Waals surface area contributed by atoms with Gasteiger partial charge in [0.25, 0.3) is 0 Å². The molecule has 1 aliphatic rings. The molecule has 0 aromatic carbocycles. The fourth-order valence-electron chi connectivity index (χ4n) is 2.27. The predicted molar refractivity (Wildman–Crippen MR) is 83.3 cm³/mol. The Morgan fingerprint density at radius 2 is 1.78 bits per heavy atom. The molecule has 0 radical (unpaired) electrons. The van der Waals surface area contributed by atoms with E-state index >= 15 is 0 Å². The average molecular weight is 332 g/mol. The van der Waals surface area contributed by atoms with Gasteiger partial charge in [-0.05, 0) is 39.7 Å². The number of aliphatic hydroxyl groups is 5. The summed E-state index contributed by atoms with van der Waals surface area (Å²) in [5.41, 5.74) is 2.12. The topological polar surface area (TPSA) is 120 Å². The van der Waals surface area contributed by atoms with Crippen LogP contribution in [0.2, 0.25) is 0 Å². The molecule has 1 saturated heterocycles. The molecule has 0 aromatic rings. The average Bonchev–Trinajstić information content (AvgIpc) is 2.47. The third-order valence-corrected chi connectivity index (χ3v) is 3.64. The number of hydrogen-bond donors (Lipinski definition) is 5. The van der Waals surface area contributed by atoms with Crippen molar-refractivity contribution in [2.45, 2.75) is 70.6 Å². The van der Waals surface area contributed by atoms with Crippen LogP contribution < -0.4 is 0 Å². The normalized spacial score (nSPS) is 33.4. The summed E-state index contributed by atoms with van der Waals surface area (Å²) in [6.45, 7) is 5.32. The van der Waals surface area contributed by atoms with Gasteiger partial charge in [0, 0.05) is 0 Å². The lowest BCUT2D eigenvalue weighted by Gasteiger charge is -2.40. The molecular formula is C16H28O7. The molecule has 7 heteroatoms. The zero-order valence-corrected chi connectivity index (χ0v) is 13.8. The monoisotopic (exact) mass is 332 g/mol. The molecular weight excluding hydrogens is 304 g/mol. The Hall–Kier alpha value is -0.800. The van der Waals surface area contributed by atoms with E-state index in [9.17, 15) is 20.4 Å². The van der Waals surface area contributed by atoms with Crippen LogP contribution in [0.4, 0.5) is 0 Å². The van der Waals surface area contributed by atoms with Gasteiger partial charge in [0.15, 0.2) is 12.6 Å². The number of ether oxygens (including phenoxy) is 2. The lowest BCUT2D eigenvalue weighted by Crippen LogP contribution is -2.59. The number of allylic oxidation sites excluding steroid dienone is 3. The van der Waals surface area contributed by atoms with Crippen LogP contribution in [0.1, 0.15) is 33.6 Å². The second-order valence-corrected chi connectivity index (χ2v) is 6.06. The Morgan fingerprint density at radius 1 is 1.13 bits per heavy atom. The molecule has 5 N–H and O–H groups in total. The van der Waals surface area contributed by atoms with Crippen LogP contribution in [0.15, 0.2) is 23.3 Å². The highest BCUT2D eigenvalue weighted by Crippen LogP contribution is 2.23. The van der Waals surface area contributed by atoms with Crippen LogP contribution in [0.3, 0.4) is 0 Å². The maximum atomic E-state index is 9.90. The fraction of sp³-hybridized carbons (Fsp3) is 0.750. The van der Waals surface area contributed by atoms with Crippen LogP contribution >= 0.6 is 0 Å². The van der Waals surface area contributed by atoms with Crippen molar-refractivity contribution in [2.24, 2.45) is 0 Å². The molecule has 0 spiro atoms. The van der Waals surface area contributed by atoms with E-state index in [-0.39, 0.29) is 0 Å². The van der Waals surface area contributed by atoms with E-state index in [4.69, 9.17) is 14.6 Å². The minimum Gasteiger partial charge on any atom is -0.394 e. The molecule has 1 rings (SSSR count). The number of hydrogen-bond acceptors (Lipinski definition) is 7. The van der Waals surface area contributed by atoms with Gasteiger partial charge in [0.1, 0.15) is 24.4 Å². The van der Waals surface area contributed by atoms with Gasteiger partial charge in [-0.2, -0.15) is 0 Å². The smallest absolute Gasteiger partial charge is 0.190 e. The zero-order chi connectivity index (χ0) is 17.6. The van der Waals surface area contributed by atoms with Gasteiger partial charge < -0.3 is 35.0 Å². The molecule has 134 valence electrons. The van der Waals surface area contributed by atoms with Gasteiger partial charge in [0.05, 0.1) is 6.61 Å². The van der Waals surface area contributed by atoms with Crippen molar-refractivity contribution in [3.8, 4) is 0 Å². The zero-order valence-electron chi connectivity index (χ0n) is 13.8. The fourth-order valence-corrected chi connectivity index (χ4v) is 2.27. The Labute approximate surface area is 136 Å². The minimum absolute atomic E-state index is 0.543. The molecule has 0 saturated carbocycles. The maximum Gasteiger partial charge on any atom is 0.190 e. The van der Waals surface area contributed by atoms with Crippen LogP contribution in [-0.4, -0.2) is 69.1 Å². The van der Waals surface area contributed by atoms with Gasteiger partial charge in [-0.1, -0.05) is 17.2 Å². The van der Waals surface area contributed by atoms with Crippen LogP contribution in [0, 0.1) is 0 Å². The van der Waals surface area contributed by atoms with Crippen molar-refractivity contribution in [3.63, 3.8) is 0 Å². The van der Waals surface area contributed by atoms with Gasteiger partial charge >= 0.3 is 0 Å². The van der Waals surface area contributed by atoms with E-state index in [1.54, 1.807) is 0 Å². The Kier molecular flexibility index (Phi) is 8.35. The van der Waals surface area contributed by atoms with Crippen molar-refractivity contribution in [1.82, 2.24) is 0 Å². The number of rotatable bonds is 7. The number of aliphatic hydroxyl groups excluding tert-OH is 5. The molecule has 7 nitrogen and oxygen atoms in total. The first kappa shape index (κ1) is 20.2. The standard InChI is InChI=1S/C16H28O7/c1-9(2)5-4-6-10(3)7-12(18)23-16-15(21)14(20)13(19)11(8-17)22-16/h5,7,11-21H,4,6,8H2,1-3H3/b10-7-/t11-,12?,13+,14+,15-,16-/m1/s1. The van der Waals surface area contributed by atoms with Gasteiger partial charge in [0.2, 0.25) is 0 Å². The third kappa shape index (κ3) is 6.31. The first-order chi connectivity index (χ1) is 10.8.